The Bertz CT molecular complexity index is 444. The van der Waals surface area contributed by atoms with Crippen molar-refractivity contribution in [3.63, 3.8) is 0 Å². The van der Waals surface area contributed by atoms with Crippen LogP contribution in [0.1, 0.15) is 11.1 Å². The molecule has 0 aliphatic carbocycles. The molecule has 0 heterocycles. The summed E-state index contributed by atoms with van der Waals surface area (Å²) in [6.45, 7) is 1.72. The van der Waals surface area contributed by atoms with Gasteiger partial charge in [-0.1, -0.05) is 17.9 Å². The smallest absolute Gasteiger partial charge is 0.318 e. The number of carbonyl (C=O) groups excluding carboxylic acids is 1. The van der Waals surface area contributed by atoms with Crippen molar-refractivity contribution in [2.24, 2.45) is 0 Å². The molecule has 2 amide bonds. The minimum Gasteiger partial charge on any atom is -0.384 e. The summed E-state index contributed by atoms with van der Waals surface area (Å²) in [5.74, 6) is 5.34. The van der Waals surface area contributed by atoms with Crippen LogP contribution in [0.25, 0.3) is 0 Å². The highest BCUT2D eigenvalue weighted by molar-refractivity contribution is 5.90. The van der Waals surface area contributed by atoms with Crippen LogP contribution in [0.2, 0.25) is 0 Å². The van der Waals surface area contributed by atoms with E-state index in [4.69, 9.17) is 5.11 Å². The monoisotopic (exact) mass is 218 g/mol. The largest absolute Gasteiger partial charge is 0.384 e. The van der Waals surface area contributed by atoms with Gasteiger partial charge in [-0.25, -0.2) is 4.79 Å². The van der Waals surface area contributed by atoms with Gasteiger partial charge in [0.15, 0.2) is 0 Å². The third kappa shape index (κ3) is 3.30. The quantitative estimate of drug-likeness (QED) is 0.618. The van der Waals surface area contributed by atoms with Crippen molar-refractivity contribution >= 4 is 11.7 Å². The van der Waals surface area contributed by atoms with Crippen LogP contribution in [0.3, 0.4) is 0 Å². The molecule has 0 saturated carbocycles. The number of nitrogens with one attached hydrogen (secondary N) is 2. The van der Waals surface area contributed by atoms with Gasteiger partial charge in [0.25, 0.3) is 0 Å². The van der Waals surface area contributed by atoms with E-state index in [-0.39, 0.29) is 12.6 Å². The molecule has 3 N–H and O–H groups in total. The molecule has 84 valence electrons. The zero-order chi connectivity index (χ0) is 12.0. The fourth-order valence-corrected chi connectivity index (χ4v) is 1.16. The summed E-state index contributed by atoms with van der Waals surface area (Å²) in [6, 6.07) is 5.21. The second-order valence-corrected chi connectivity index (χ2v) is 3.19. The van der Waals surface area contributed by atoms with Crippen LogP contribution >= 0.6 is 0 Å². The van der Waals surface area contributed by atoms with E-state index in [0.29, 0.717) is 5.69 Å². The van der Waals surface area contributed by atoms with E-state index in [2.05, 4.69) is 22.5 Å². The normalized spacial score (nSPS) is 8.94. The zero-order valence-corrected chi connectivity index (χ0v) is 9.29. The first-order valence-corrected chi connectivity index (χ1v) is 4.86. The second kappa shape index (κ2) is 5.79. The molecule has 0 spiro atoms. The Morgan fingerprint density at radius 3 is 2.88 bits per heavy atom. The van der Waals surface area contributed by atoms with Crippen molar-refractivity contribution < 1.29 is 9.90 Å². The van der Waals surface area contributed by atoms with Crippen molar-refractivity contribution in [2.75, 3.05) is 19.0 Å². The average Bonchev–Trinajstić information content (AvgIpc) is 2.30. The molecule has 0 aliphatic rings. The van der Waals surface area contributed by atoms with Crippen LogP contribution in [0.15, 0.2) is 18.2 Å². The topological polar surface area (TPSA) is 61.4 Å². The fraction of sp³-hybridized carbons (Fsp3) is 0.250. The summed E-state index contributed by atoms with van der Waals surface area (Å²) in [5, 5.41) is 13.8. The van der Waals surface area contributed by atoms with Crippen LogP contribution in [-0.2, 0) is 0 Å². The van der Waals surface area contributed by atoms with Crippen LogP contribution in [-0.4, -0.2) is 24.8 Å². The summed E-state index contributed by atoms with van der Waals surface area (Å²) in [6.07, 6.45) is 0. The number of amides is 2. The number of hydrogen-bond acceptors (Lipinski definition) is 2. The highest BCUT2D eigenvalue weighted by atomic mass is 16.2. The number of urea groups is 1. The molecule has 1 rings (SSSR count). The van der Waals surface area contributed by atoms with E-state index < -0.39 is 0 Å². The predicted octanol–water partition coefficient (Wildman–Crippen LogP) is 1.09. The van der Waals surface area contributed by atoms with Gasteiger partial charge < -0.3 is 15.7 Å². The molecule has 0 unspecified atom stereocenters. The minimum absolute atomic E-state index is 0.175. The van der Waals surface area contributed by atoms with Gasteiger partial charge in [0.05, 0.1) is 0 Å². The molecule has 4 heteroatoms. The lowest BCUT2D eigenvalue weighted by molar-refractivity contribution is 0.254. The Morgan fingerprint density at radius 2 is 2.25 bits per heavy atom. The highest BCUT2D eigenvalue weighted by Gasteiger charge is 2.02. The molecular formula is C12H14N2O2. The van der Waals surface area contributed by atoms with Gasteiger partial charge in [0.2, 0.25) is 0 Å². The highest BCUT2D eigenvalue weighted by Crippen LogP contribution is 2.16. The van der Waals surface area contributed by atoms with Crippen LogP contribution in [0.5, 0.6) is 0 Å². The third-order valence-electron chi connectivity index (χ3n) is 2.02. The van der Waals surface area contributed by atoms with Gasteiger partial charge >= 0.3 is 6.03 Å². The molecule has 0 saturated heterocycles. The van der Waals surface area contributed by atoms with Gasteiger partial charge in [-0.15, -0.1) is 0 Å². The van der Waals surface area contributed by atoms with Gasteiger partial charge in [-0.2, -0.15) is 0 Å². The number of hydrogen-bond donors (Lipinski definition) is 3. The van der Waals surface area contributed by atoms with Crippen molar-refractivity contribution in [1.29, 1.82) is 0 Å². The number of aryl methyl sites for hydroxylation is 1. The van der Waals surface area contributed by atoms with E-state index >= 15 is 0 Å². The van der Waals surface area contributed by atoms with E-state index in [1.54, 1.807) is 13.1 Å². The SMILES string of the molecule is CNC(=O)Nc1cc(C#CCO)ccc1C. The average molecular weight is 218 g/mol. The lowest BCUT2D eigenvalue weighted by Crippen LogP contribution is -2.24. The molecule has 0 fully saturated rings. The molecule has 0 bridgehead atoms. The first-order valence-electron chi connectivity index (χ1n) is 4.86. The van der Waals surface area contributed by atoms with Crippen LogP contribution in [0, 0.1) is 18.8 Å². The predicted molar refractivity (Wildman–Crippen MR) is 63.2 cm³/mol. The van der Waals surface area contributed by atoms with Crippen molar-refractivity contribution in [3.05, 3.63) is 29.3 Å². The van der Waals surface area contributed by atoms with Crippen molar-refractivity contribution in [1.82, 2.24) is 5.32 Å². The zero-order valence-electron chi connectivity index (χ0n) is 9.29. The Hall–Kier alpha value is -1.99. The summed E-state index contributed by atoms with van der Waals surface area (Å²) in [5.41, 5.74) is 2.42. The maximum Gasteiger partial charge on any atom is 0.318 e. The second-order valence-electron chi connectivity index (χ2n) is 3.19. The molecule has 16 heavy (non-hydrogen) atoms. The van der Waals surface area contributed by atoms with Crippen LogP contribution < -0.4 is 10.6 Å². The van der Waals surface area contributed by atoms with E-state index in [9.17, 15) is 4.79 Å². The van der Waals surface area contributed by atoms with Gasteiger partial charge in [0, 0.05) is 18.3 Å². The number of aliphatic hydroxyl groups excluding tert-OH is 1. The van der Waals surface area contributed by atoms with Gasteiger partial charge in [0.1, 0.15) is 6.61 Å². The van der Waals surface area contributed by atoms with Crippen molar-refractivity contribution in [3.8, 4) is 11.8 Å². The van der Waals surface area contributed by atoms with Crippen molar-refractivity contribution in [2.45, 2.75) is 6.92 Å². The van der Waals surface area contributed by atoms with E-state index in [1.807, 2.05) is 19.1 Å². The Labute approximate surface area is 94.7 Å². The lowest BCUT2D eigenvalue weighted by Gasteiger charge is -2.07. The van der Waals surface area contributed by atoms with Crippen LogP contribution in [0.4, 0.5) is 10.5 Å². The molecule has 0 aliphatic heterocycles. The summed E-state index contributed by atoms with van der Waals surface area (Å²) < 4.78 is 0. The Balaban J connectivity index is 2.94. The molecule has 1 aromatic carbocycles. The number of benzene rings is 1. The first-order chi connectivity index (χ1) is 7.67. The molecule has 4 nitrogen and oxygen atoms in total. The standard InChI is InChI=1S/C12H14N2O2/c1-9-5-6-10(4-3-7-15)8-11(9)14-12(16)13-2/h5-6,8,15H,7H2,1-2H3,(H2,13,14,16). The third-order valence-corrected chi connectivity index (χ3v) is 2.02. The number of carbonyl (C=O) groups is 1. The first kappa shape index (κ1) is 12.1. The lowest BCUT2D eigenvalue weighted by atomic mass is 10.1. The maximum absolute atomic E-state index is 11.2. The molecule has 0 radical (unpaired) electrons. The van der Waals surface area contributed by atoms with E-state index in [0.717, 1.165) is 11.1 Å². The maximum atomic E-state index is 11.2. The molecular weight excluding hydrogens is 204 g/mol. The fourth-order valence-electron chi connectivity index (χ4n) is 1.16. The van der Waals surface area contributed by atoms with E-state index in [1.165, 1.54) is 0 Å². The number of aliphatic hydroxyl groups is 1. The summed E-state index contributed by atoms with van der Waals surface area (Å²) in [4.78, 5) is 11.2. The number of rotatable bonds is 1. The Morgan fingerprint density at radius 1 is 1.50 bits per heavy atom. The number of anilines is 1. The molecule has 0 atom stereocenters. The van der Waals surface area contributed by atoms with Gasteiger partial charge in [-0.05, 0) is 24.6 Å². The Kier molecular flexibility index (Phi) is 4.37. The molecule has 0 aromatic heterocycles. The molecule has 1 aromatic rings. The minimum atomic E-state index is -0.268. The summed E-state index contributed by atoms with van der Waals surface area (Å²) >= 11 is 0. The summed E-state index contributed by atoms with van der Waals surface area (Å²) in [7, 11) is 1.56. The van der Waals surface area contributed by atoms with Gasteiger partial charge in [-0.3, -0.25) is 0 Å².